The fourth-order valence-corrected chi connectivity index (χ4v) is 11.6. The zero-order valence-corrected chi connectivity index (χ0v) is 47.7. The number of hydrogen-bond donors (Lipinski definition) is 1. The molecule has 0 bridgehead atoms. The van der Waals surface area contributed by atoms with Crippen molar-refractivity contribution in [3.8, 4) is 24.0 Å². The highest BCUT2D eigenvalue weighted by Crippen LogP contribution is 2.40. The van der Waals surface area contributed by atoms with Crippen LogP contribution in [0.25, 0.3) is 0 Å². The molecular weight excluding hydrogens is 1090 g/mol. The number of amides is 1. The number of nitriles is 3. The van der Waals surface area contributed by atoms with Crippen LogP contribution >= 0.6 is 0 Å². The SMILES string of the molecule is CC1CCC(c2ccc(C#N)cc2)CC1.CCN(C(=O)c1ccc([C@](C)(O)C(F)(F)F)cc1)C1CCC(c2ccc(C#N)cc2)CC1.N#Cc1ccc(C2CCC(=O)CC2)cc1.O=C1CCC(c2ccc(OS(=O)(=O)C(F)(F)F)cc2)CC1. The molecule has 4 saturated carbocycles. The number of hydrogen-bond acceptors (Lipinski definition) is 10. The molecule has 18 heteroatoms. The van der Waals surface area contributed by atoms with Crippen LogP contribution in [-0.2, 0) is 25.3 Å². The van der Waals surface area contributed by atoms with E-state index in [0.717, 1.165) is 73.6 Å². The summed E-state index contributed by atoms with van der Waals surface area (Å²) < 4.78 is 101. The van der Waals surface area contributed by atoms with Crippen molar-refractivity contribution < 1.29 is 58.4 Å². The molecule has 0 radical (unpaired) electrons. The molecule has 1 atom stereocenters. The van der Waals surface area contributed by atoms with Crippen molar-refractivity contribution >= 4 is 27.6 Å². The van der Waals surface area contributed by atoms with Gasteiger partial charge in [-0.1, -0.05) is 80.4 Å². The van der Waals surface area contributed by atoms with Gasteiger partial charge in [0.25, 0.3) is 5.91 Å². The quantitative estimate of drug-likeness (QED) is 0.0800. The number of rotatable bonds is 10. The number of carbonyl (C=O) groups excluding carboxylic acids is 3. The third-order valence-electron chi connectivity index (χ3n) is 16.5. The Morgan fingerprint density at radius 1 is 0.554 bits per heavy atom. The fraction of sp³-hybridized carbons (Fsp3) is 0.446. The van der Waals surface area contributed by atoms with Gasteiger partial charge in [0.1, 0.15) is 17.3 Å². The largest absolute Gasteiger partial charge is 0.534 e. The van der Waals surface area contributed by atoms with E-state index in [-0.39, 0.29) is 35.0 Å². The van der Waals surface area contributed by atoms with E-state index in [1.165, 1.54) is 78.8 Å². The van der Waals surface area contributed by atoms with Gasteiger partial charge in [0, 0.05) is 43.8 Å². The van der Waals surface area contributed by atoms with E-state index in [1.54, 1.807) is 4.90 Å². The number of halogens is 6. The molecule has 11 nitrogen and oxygen atoms in total. The Morgan fingerprint density at radius 2 is 0.892 bits per heavy atom. The van der Waals surface area contributed by atoms with Crippen LogP contribution in [0.5, 0.6) is 5.75 Å². The van der Waals surface area contributed by atoms with Crippen LogP contribution in [0.4, 0.5) is 26.3 Å². The lowest BCUT2D eigenvalue weighted by Gasteiger charge is -2.37. The summed E-state index contributed by atoms with van der Waals surface area (Å²) in [6.45, 7) is 5.45. The maximum absolute atomic E-state index is 13.1. The highest BCUT2D eigenvalue weighted by molar-refractivity contribution is 7.88. The zero-order chi connectivity index (χ0) is 60.5. The first kappa shape index (κ1) is 64.8. The van der Waals surface area contributed by atoms with Gasteiger partial charge in [-0.05, 0) is 196 Å². The van der Waals surface area contributed by atoms with Crippen molar-refractivity contribution in [2.45, 2.75) is 171 Å². The second-order valence-corrected chi connectivity index (χ2v) is 23.6. The van der Waals surface area contributed by atoms with Crippen LogP contribution in [0.15, 0.2) is 121 Å². The van der Waals surface area contributed by atoms with Crippen molar-refractivity contribution in [3.63, 3.8) is 0 Å². The number of ketones is 2. The monoisotopic (exact) mass is 1160 g/mol. The fourth-order valence-electron chi connectivity index (χ4n) is 11.2. The maximum atomic E-state index is 13.1. The van der Waals surface area contributed by atoms with Crippen molar-refractivity contribution in [2.75, 3.05) is 6.54 Å². The number of aliphatic hydroxyl groups is 1. The van der Waals surface area contributed by atoms with E-state index in [0.29, 0.717) is 86.3 Å². The van der Waals surface area contributed by atoms with Crippen LogP contribution in [0.2, 0.25) is 0 Å². The standard InChI is InChI=1S/C25H27F3N2O2.C14H17N.C13H13F3O4S.C13H13NO/c1-3-30(22-14-10-19(11-15-22)18-6-4-17(16-29)5-7-18)23(31)20-8-12-21(13-9-20)24(2,32)25(26,27)28;1-11-2-6-13(7-3-11)14-8-4-12(10-15)5-9-14;14-13(15,16)21(18,19)20-12-7-3-10(4-8-12)9-1-5-11(17)6-2-9;14-9-10-1-3-11(4-2-10)12-5-7-13(15)8-6-12/h4-9,12-13,19,22,32H,3,10-11,14-15H2,1-2H3;4-5,8-9,11,13H,2-3,6-7H2,1H3;3-4,7-9H,1-2,5-6H2;1-4,12H,5-8H2/t19?,22?,24-;;;/m0.../s1. The lowest BCUT2D eigenvalue weighted by molar-refractivity contribution is -0.258. The Morgan fingerprint density at radius 3 is 1.22 bits per heavy atom. The van der Waals surface area contributed by atoms with Gasteiger partial charge in [0.05, 0.1) is 34.9 Å². The Hall–Kier alpha value is -7.33. The molecular formula is C65H70F6N4O7S. The first-order chi connectivity index (χ1) is 39.4. The van der Waals surface area contributed by atoms with Crippen molar-refractivity contribution in [2.24, 2.45) is 5.92 Å². The average Bonchev–Trinajstić information content (AvgIpc) is 3.62. The van der Waals surface area contributed by atoms with E-state index < -0.39 is 27.4 Å². The summed E-state index contributed by atoms with van der Waals surface area (Å²) in [5, 5.41) is 36.2. The number of Topliss-reactive ketones (excluding diaryl/α,β-unsaturated/α-hetero) is 2. The van der Waals surface area contributed by atoms with Crippen molar-refractivity contribution in [3.05, 3.63) is 171 Å². The first-order valence-corrected chi connectivity index (χ1v) is 29.6. The Kier molecular flexibility index (Phi) is 22.9. The molecule has 4 aliphatic carbocycles. The van der Waals surface area contributed by atoms with Gasteiger partial charge < -0.3 is 14.2 Å². The van der Waals surface area contributed by atoms with Crippen LogP contribution in [0.1, 0.15) is 202 Å². The summed E-state index contributed by atoms with van der Waals surface area (Å²) in [4.78, 5) is 37.1. The predicted octanol–water partition coefficient (Wildman–Crippen LogP) is 15.3. The Bertz CT molecular complexity index is 3170. The van der Waals surface area contributed by atoms with Crippen LogP contribution in [0.3, 0.4) is 0 Å². The minimum Gasteiger partial charge on any atom is -0.376 e. The number of alkyl halides is 6. The van der Waals surface area contributed by atoms with E-state index in [9.17, 15) is 54.3 Å². The van der Waals surface area contributed by atoms with Gasteiger partial charge in [0.15, 0.2) is 5.60 Å². The van der Waals surface area contributed by atoms with Crippen LogP contribution in [0, 0.1) is 39.9 Å². The highest BCUT2D eigenvalue weighted by atomic mass is 32.2. The van der Waals surface area contributed by atoms with E-state index in [4.69, 9.17) is 15.8 Å². The average molecular weight is 1170 g/mol. The molecule has 1 amide bonds. The molecule has 83 heavy (non-hydrogen) atoms. The third kappa shape index (κ3) is 18.1. The predicted molar refractivity (Wildman–Crippen MR) is 302 cm³/mol. The van der Waals surface area contributed by atoms with Crippen LogP contribution < -0.4 is 4.18 Å². The van der Waals surface area contributed by atoms with Gasteiger partial charge in [-0.2, -0.15) is 50.5 Å². The molecule has 9 rings (SSSR count). The Balaban J connectivity index is 0.000000188. The molecule has 0 aromatic heterocycles. The van der Waals surface area contributed by atoms with Gasteiger partial charge in [-0.3, -0.25) is 14.4 Å². The molecule has 4 aliphatic rings. The number of nitrogens with zero attached hydrogens (tertiary/aromatic N) is 4. The highest BCUT2D eigenvalue weighted by Gasteiger charge is 2.51. The summed E-state index contributed by atoms with van der Waals surface area (Å²) in [7, 11) is -5.64. The normalized spacial score (nSPS) is 20.3. The molecule has 0 aliphatic heterocycles. The van der Waals surface area contributed by atoms with E-state index in [2.05, 4.69) is 41.4 Å². The van der Waals surface area contributed by atoms with Crippen molar-refractivity contribution in [1.29, 1.82) is 15.8 Å². The van der Waals surface area contributed by atoms with Gasteiger partial charge in [-0.15, -0.1) is 0 Å². The number of benzene rings is 5. The molecule has 440 valence electrons. The molecule has 0 heterocycles. The summed E-state index contributed by atoms with van der Waals surface area (Å²) in [5.74, 6) is 2.69. The third-order valence-corrected chi connectivity index (χ3v) is 17.4. The topological polar surface area (TPSA) is 189 Å². The van der Waals surface area contributed by atoms with Gasteiger partial charge >= 0.3 is 21.8 Å². The molecule has 1 N–H and O–H groups in total. The van der Waals surface area contributed by atoms with E-state index >= 15 is 0 Å². The molecule has 5 aromatic rings. The zero-order valence-electron chi connectivity index (χ0n) is 46.9. The minimum absolute atomic E-state index is 0.0695. The molecule has 0 saturated heterocycles. The second-order valence-electron chi connectivity index (χ2n) is 22.1. The maximum Gasteiger partial charge on any atom is 0.534 e. The van der Waals surface area contributed by atoms with Crippen molar-refractivity contribution in [1.82, 2.24) is 4.90 Å². The molecule has 0 spiro atoms. The molecule has 0 unspecified atom stereocenters. The lowest BCUT2D eigenvalue weighted by atomic mass is 9.79. The summed E-state index contributed by atoms with van der Waals surface area (Å²) in [6, 6.07) is 40.4. The summed E-state index contributed by atoms with van der Waals surface area (Å²) in [6.07, 6.45) is 9.77. The molecule has 5 aromatic carbocycles. The summed E-state index contributed by atoms with van der Waals surface area (Å²) >= 11 is 0. The number of carbonyl (C=O) groups is 3. The summed E-state index contributed by atoms with van der Waals surface area (Å²) in [5.41, 5.74) is -1.57. The van der Waals surface area contributed by atoms with E-state index in [1.807, 2.05) is 67.6 Å². The minimum atomic E-state index is -5.64. The van der Waals surface area contributed by atoms with Crippen LogP contribution in [-0.4, -0.2) is 60.2 Å². The first-order valence-electron chi connectivity index (χ1n) is 28.2. The van der Waals surface area contributed by atoms with Gasteiger partial charge in [-0.25, -0.2) is 0 Å². The second kappa shape index (κ2) is 29.3. The smallest absolute Gasteiger partial charge is 0.376 e. The molecule has 4 fully saturated rings. The van der Waals surface area contributed by atoms with Gasteiger partial charge in [0.2, 0.25) is 0 Å². The Labute approximate surface area is 483 Å². The lowest BCUT2D eigenvalue weighted by Crippen LogP contribution is -2.42.